The van der Waals surface area contributed by atoms with Crippen LogP contribution in [0, 0.1) is 13.8 Å². The summed E-state index contributed by atoms with van der Waals surface area (Å²) in [7, 11) is -3.60. The molecule has 1 N–H and O–H groups in total. The van der Waals surface area contributed by atoms with Gasteiger partial charge in [0.15, 0.2) is 0 Å². The van der Waals surface area contributed by atoms with Crippen LogP contribution in [0.15, 0.2) is 40.8 Å². The Morgan fingerprint density at radius 3 is 2.46 bits per heavy atom. The van der Waals surface area contributed by atoms with Crippen molar-refractivity contribution in [2.24, 2.45) is 5.10 Å². The lowest BCUT2D eigenvalue weighted by molar-refractivity contribution is -0.119. The summed E-state index contributed by atoms with van der Waals surface area (Å²) in [5.74, 6) is -0.504. The maximum absolute atomic E-state index is 12.1. The first-order valence-electron chi connectivity index (χ1n) is 7.18. The third-order valence-corrected chi connectivity index (χ3v) is 5.22. The summed E-state index contributed by atoms with van der Waals surface area (Å²) in [6, 6.07) is 9.21. The molecule has 0 atom stereocenters. The van der Waals surface area contributed by atoms with Crippen LogP contribution >= 0.6 is 11.3 Å². The number of anilines is 1. The number of para-hydroxylation sites is 1. The minimum Gasteiger partial charge on any atom is -0.271 e. The van der Waals surface area contributed by atoms with Gasteiger partial charge in [-0.05, 0) is 36.4 Å². The quantitative estimate of drug-likeness (QED) is 0.630. The highest BCUT2D eigenvalue weighted by Gasteiger charge is 2.23. The summed E-state index contributed by atoms with van der Waals surface area (Å²) in [5, 5.41) is 5.75. The predicted molar refractivity (Wildman–Crippen MR) is 98.2 cm³/mol. The molecule has 2 aromatic rings. The van der Waals surface area contributed by atoms with Gasteiger partial charge in [0.2, 0.25) is 10.0 Å². The lowest BCUT2D eigenvalue weighted by Gasteiger charge is -2.25. The fourth-order valence-corrected chi connectivity index (χ4v) is 3.82. The lowest BCUT2D eigenvalue weighted by atomic mass is 10.1. The molecule has 0 aliphatic carbocycles. The fourth-order valence-electron chi connectivity index (χ4n) is 2.26. The van der Waals surface area contributed by atoms with Crippen LogP contribution in [0.3, 0.4) is 0 Å². The van der Waals surface area contributed by atoms with E-state index in [2.05, 4.69) is 10.5 Å². The van der Waals surface area contributed by atoms with E-state index in [1.54, 1.807) is 0 Å². The first kappa shape index (κ1) is 18.2. The van der Waals surface area contributed by atoms with Crippen molar-refractivity contribution in [1.82, 2.24) is 5.43 Å². The molecule has 0 bridgehead atoms. The van der Waals surface area contributed by atoms with E-state index in [9.17, 15) is 13.2 Å². The van der Waals surface area contributed by atoms with Crippen molar-refractivity contribution in [2.75, 3.05) is 17.1 Å². The normalized spacial score (nSPS) is 11.6. The van der Waals surface area contributed by atoms with Crippen molar-refractivity contribution in [3.8, 4) is 0 Å². The number of benzene rings is 1. The van der Waals surface area contributed by atoms with Gasteiger partial charge in [-0.1, -0.05) is 24.3 Å². The number of hydrogen-bond donors (Lipinski definition) is 1. The van der Waals surface area contributed by atoms with Crippen molar-refractivity contribution >= 4 is 39.2 Å². The van der Waals surface area contributed by atoms with Crippen molar-refractivity contribution in [3.63, 3.8) is 0 Å². The third kappa shape index (κ3) is 4.65. The average Bonchev–Trinajstić information content (AvgIpc) is 2.98. The molecule has 0 spiro atoms. The van der Waals surface area contributed by atoms with Crippen LogP contribution in [0.5, 0.6) is 0 Å². The van der Waals surface area contributed by atoms with E-state index in [4.69, 9.17) is 0 Å². The Balaban J connectivity index is 2.17. The molecule has 0 fully saturated rings. The molecule has 1 aromatic heterocycles. The summed E-state index contributed by atoms with van der Waals surface area (Å²) < 4.78 is 25.4. The molecule has 1 aromatic carbocycles. The number of sulfonamides is 1. The maximum Gasteiger partial charge on any atom is 0.260 e. The van der Waals surface area contributed by atoms with Gasteiger partial charge in [-0.15, -0.1) is 11.3 Å². The van der Waals surface area contributed by atoms with Gasteiger partial charge in [-0.2, -0.15) is 5.10 Å². The molecule has 1 amide bonds. The van der Waals surface area contributed by atoms with Crippen LogP contribution in [-0.2, 0) is 14.8 Å². The number of carbonyl (C=O) groups excluding carboxylic acids is 1. The van der Waals surface area contributed by atoms with E-state index in [1.807, 2.05) is 49.6 Å². The summed E-state index contributed by atoms with van der Waals surface area (Å²) in [6.07, 6.45) is 2.60. The fraction of sp³-hybridized carbons (Fsp3) is 0.250. The van der Waals surface area contributed by atoms with E-state index in [-0.39, 0.29) is 6.54 Å². The van der Waals surface area contributed by atoms with Crippen LogP contribution in [-0.4, -0.2) is 33.3 Å². The van der Waals surface area contributed by atoms with Crippen molar-refractivity contribution in [3.05, 3.63) is 51.7 Å². The summed E-state index contributed by atoms with van der Waals surface area (Å²) in [6.45, 7) is 3.30. The van der Waals surface area contributed by atoms with E-state index in [0.29, 0.717) is 5.69 Å². The summed E-state index contributed by atoms with van der Waals surface area (Å²) >= 11 is 1.49. The molecule has 1 heterocycles. The highest BCUT2D eigenvalue weighted by molar-refractivity contribution is 7.92. The van der Waals surface area contributed by atoms with Gasteiger partial charge in [-0.3, -0.25) is 9.10 Å². The van der Waals surface area contributed by atoms with Gasteiger partial charge in [0.1, 0.15) is 6.54 Å². The molecule has 0 saturated heterocycles. The maximum atomic E-state index is 12.1. The highest BCUT2D eigenvalue weighted by Crippen LogP contribution is 2.26. The zero-order valence-corrected chi connectivity index (χ0v) is 15.3. The van der Waals surface area contributed by atoms with E-state index < -0.39 is 15.9 Å². The number of nitrogens with zero attached hydrogens (tertiary/aromatic N) is 2. The minimum atomic E-state index is -3.60. The van der Waals surface area contributed by atoms with Gasteiger partial charge < -0.3 is 0 Å². The smallest absolute Gasteiger partial charge is 0.260 e. The Bertz CT molecular complexity index is 823. The molecule has 0 aliphatic rings. The van der Waals surface area contributed by atoms with Gasteiger partial charge in [0, 0.05) is 4.88 Å². The number of rotatable bonds is 6. The Labute approximate surface area is 145 Å². The first-order chi connectivity index (χ1) is 11.3. The zero-order valence-electron chi connectivity index (χ0n) is 13.7. The lowest BCUT2D eigenvalue weighted by Crippen LogP contribution is -2.39. The highest BCUT2D eigenvalue weighted by atomic mass is 32.2. The summed E-state index contributed by atoms with van der Waals surface area (Å²) in [4.78, 5) is 13.0. The second-order valence-electron chi connectivity index (χ2n) is 5.32. The molecule has 128 valence electrons. The topological polar surface area (TPSA) is 78.8 Å². The minimum absolute atomic E-state index is 0.327. The number of thiophene rings is 1. The molecule has 0 radical (unpaired) electrons. The number of hydrazone groups is 1. The van der Waals surface area contributed by atoms with Crippen LogP contribution in [0.25, 0.3) is 0 Å². The largest absolute Gasteiger partial charge is 0.271 e. The number of aryl methyl sites for hydroxylation is 2. The van der Waals surface area contributed by atoms with Gasteiger partial charge >= 0.3 is 0 Å². The Morgan fingerprint density at radius 2 is 1.92 bits per heavy atom. The number of hydrogen-bond acceptors (Lipinski definition) is 5. The number of carbonyl (C=O) groups is 1. The predicted octanol–water partition coefficient (Wildman–Crippen LogP) is 2.28. The second-order valence-corrected chi connectivity index (χ2v) is 8.20. The Hall–Kier alpha value is -2.19. The zero-order chi connectivity index (χ0) is 17.7. The van der Waals surface area contributed by atoms with Crippen LogP contribution in [0.2, 0.25) is 0 Å². The average molecular weight is 365 g/mol. The van der Waals surface area contributed by atoms with Gasteiger partial charge in [0.25, 0.3) is 5.91 Å². The molecule has 0 saturated carbocycles. The van der Waals surface area contributed by atoms with Crippen molar-refractivity contribution in [1.29, 1.82) is 0 Å². The molecule has 0 aliphatic heterocycles. The number of nitrogens with one attached hydrogen (secondary N) is 1. The monoisotopic (exact) mass is 365 g/mol. The van der Waals surface area contributed by atoms with E-state index >= 15 is 0 Å². The molecule has 2 rings (SSSR count). The van der Waals surface area contributed by atoms with E-state index in [0.717, 1.165) is 26.6 Å². The first-order valence-corrected chi connectivity index (χ1v) is 9.91. The van der Waals surface area contributed by atoms with Crippen molar-refractivity contribution < 1.29 is 13.2 Å². The number of amides is 1. The SMILES string of the molecule is Cc1cccc(C)c1N(CC(=O)N/N=C\c1cccs1)S(C)(=O)=O. The van der Waals surface area contributed by atoms with E-state index in [1.165, 1.54) is 17.6 Å². The molecular formula is C16H19N3O3S2. The molecule has 0 unspecified atom stereocenters. The molecule has 6 nitrogen and oxygen atoms in total. The summed E-state index contributed by atoms with van der Waals surface area (Å²) in [5.41, 5.74) is 4.46. The van der Waals surface area contributed by atoms with Crippen molar-refractivity contribution in [2.45, 2.75) is 13.8 Å². The van der Waals surface area contributed by atoms with Gasteiger partial charge in [0.05, 0.1) is 18.2 Å². The van der Waals surface area contributed by atoms with Crippen LogP contribution in [0.4, 0.5) is 5.69 Å². The Morgan fingerprint density at radius 1 is 1.25 bits per heavy atom. The molecular weight excluding hydrogens is 346 g/mol. The van der Waals surface area contributed by atoms with Gasteiger partial charge in [-0.25, -0.2) is 13.8 Å². The van der Waals surface area contributed by atoms with Crippen LogP contribution in [0.1, 0.15) is 16.0 Å². The van der Waals surface area contributed by atoms with Crippen LogP contribution < -0.4 is 9.73 Å². The molecule has 8 heteroatoms. The third-order valence-electron chi connectivity index (χ3n) is 3.30. The molecule has 24 heavy (non-hydrogen) atoms. The standard InChI is InChI=1S/C16H19N3O3S2/c1-12-6-4-7-13(2)16(12)19(24(3,21)22)11-15(20)18-17-10-14-8-5-9-23-14/h4-10H,11H2,1-3H3,(H,18,20)/b17-10-. The second kappa shape index (κ2) is 7.59. The Kier molecular flexibility index (Phi) is 5.74.